The molecule has 0 atom stereocenters. The molecular weight excluding hydrogens is 216 g/mol. The first kappa shape index (κ1) is 11.0. The van der Waals surface area contributed by atoms with Crippen LogP contribution in [0.2, 0.25) is 0 Å². The van der Waals surface area contributed by atoms with Crippen LogP contribution in [0.3, 0.4) is 0 Å². The first-order valence-electron chi connectivity index (χ1n) is 5.27. The Morgan fingerprint density at radius 2 is 2.19 bits per heavy atom. The van der Waals surface area contributed by atoms with Crippen molar-refractivity contribution in [1.82, 2.24) is 0 Å². The third kappa shape index (κ3) is 2.17. The highest BCUT2D eigenvalue weighted by atomic mass is 32.1. The SMILES string of the molecule is C=Cc1cc(-c2ccsc2)ccc1OCC. The number of rotatable bonds is 4. The van der Waals surface area contributed by atoms with Gasteiger partial charge in [0.25, 0.3) is 0 Å². The summed E-state index contributed by atoms with van der Waals surface area (Å²) in [6.07, 6.45) is 1.83. The van der Waals surface area contributed by atoms with Crippen LogP contribution in [0.15, 0.2) is 41.6 Å². The van der Waals surface area contributed by atoms with E-state index < -0.39 is 0 Å². The highest BCUT2D eigenvalue weighted by Crippen LogP contribution is 2.28. The highest BCUT2D eigenvalue weighted by Gasteiger charge is 2.03. The number of hydrogen-bond acceptors (Lipinski definition) is 2. The standard InChI is InChI=1S/C14H14OS/c1-3-11-9-12(13-7-8-16-10-13)5-6-14(11)15-4-2/h3,5-10H,1,4H2,2H3. The van der Waals surface area contributed by atoms with E-state index >= 15 is 0 Å². The molecule has 0 aliphatic rings. The van der Waals surface area contributed by atoms with Gasteiger partial charge >= 0.3 is 0 Å². The fourth-order valence-corrected chi connectivity index (χ4v) is 2.27. The largest absolute Gasteiger partial charge is 0.493 e. The second-order valence-electron chi connectivity index (χ2n) is 3.40. The Morgan fingerprint density at radius 3 is 2.81 bits per heavy atom. The molecule has 2 heteroatoms. The topological polar surface area (TPSA) is 9.23 Å². The lowest BCUT2D eigenvalue weighted by Crippen LogP contribution is -1.93. The van der Waals surface area contributed by atoms with Gasteiger partial charge in [-0.05, 0) is 47.0 Å². The van der Waals surface area contributed by atoms with Crippen molar-refractivity contribution in [2.45, 2.75) is 6.92 Å². The van der Waals surface area contributed by atoms with Crippen LogP contribution in [0.4, 0.5) is 0 Å². The molecule has 0 saturated carbocycles. The Labute approximate surface area is 100 Å². The van der Waals surface area contributed by atoms with E-state index in [4.69, 9.17) is 4.74 Å². The summed E-state index contributed by atoms with van der Waals surface area (Å²) in [5.41, 5.74) is 3.50. The van der Waals surface area contributed by atoms with Gasteiger partial charge in [-0.25, -0.2) is 0 Å². The lowest BCUT2D eigenvalue weighted by molar-refractivity contribution is 0.339. The van der Waals surface area contributed by atoms with Crippen molar-refractivity contribution in [2.75, 3.05) is 6.61 Å². The van der Waals surface area contributed by atoms with Crippen molar-refractivity contribution >= 4 is 17.4 Å². The fraction of sp³-hybridized carbons (Fsp3) is 0.143. The van der Waals surface area contributed by atoms with Gasteiger partial charge in [-0.1, -0.05) is 18.7 Å². The van der Waals surface area contributed by atoms with Gasteiger partial charge in [0.2, 0.25) is 0 Å². The monoisotopic (exact) mass is 230 g/mol. The zero-order chi connectivity index (χ0) is 11.4. The molecule has 0 aliphatic heterocycles. The molecule has 0 fully saturated rings. The maximum absolute atomic E-state index is 5.53. The molecule has 1 aromatic carbocycles. The van der Waals surface area contributed by atoms with Crippen LogP contribution in [0.5, 0.6) is 5.75 Å². The molecule has 1 nitrogen and oxygen atoms in total. The number of hydrogen-bond donors (Lipinski definition) is 0. The van der Waals surface area contributed by atoms with Crippen LogP contribution in [0, 0.1) is 0 Å². The van der Waals surface area contributed by atoms with E-state index in [2.05, 4.69) is 35.5 Å². The van der Waals surface area contributed by atoms with Crippen LogP contribution in [-0.4, -0.2) is 6.61 Å². The number of ether oxygens (including phenoxy) is 1. The molecule has 1 aromatic heterocycles. The molecule has 0 unspecified atom stereocenters. The van der Waals surface area contributed by atoms with E-state index in [9.17, 15) is 0 Å². The second kappa shape index (κ2) is 4.99. The first-order chi connectivity index (χ1) is 7.85. The number of thiophene rings is 1. The Balaban J connectivity index is 2.40. The van der Waals surface area contributed by atoms with Crippen molar-refractivity contribution in [3.05, 3.63) is 47.2 Å². The Morgan fingerprint density at radius 1 is 1.31 bits per heavy atom. The first-order valence-corrected chi connectivity index (χ1v) is 6.21. The summed E-state index contributed by atoms with van der Waals surface area (Å²) in [5, 5.41) is 4.22. The second-order valence-corrected chi connectivity index (χ2v) is 4.18. The molecule has 0 bridgehead atoms. The minimum absolute atomic E-state index is 0.679. The van der Waals surface area contributed by atoms with Crippen molar-refractivity contribution in [3.63, 3.8) is 0 Å². The molecule has 0 saturated heterocycles. The van der Waals surface area contributed by atoms with Crippen molar-refractivity contribution < 1.29 is 4.74 Å². The summed E-state index contributed by atoms with van der Waals surface area (Å²) in [4.78, 5) is 0. The molecule has 0 radical (unpaired) electrons. The van der Waals surface area contributed by atoms with Crippen LogP contribution < -0.4 is 4.74 Å². The normalized spacial score (nSPS) is 10.1. The minimum atomic E-state index is 0.679. The zero-order valence-corrected chi connectivity index (χ0v) is 10.1. The maximum atomic E-state index is 5.53. The summed E-state index contributed by atoms with van der Waals surface area (Å²) >= 11 is 1.71. The van der Waals surface area contributed by atoms with E-state index in [1.165, 1.54) is 11.1 Å². The lowest BCUT2D eigenvalue weighted by atomic mass is 10.1. The summed E-state index contributed by atoms with van der Waals surface area (Å²) in [6, 6.07) is 8.32. The fourth-order valence-electron chi connectivity index (χ4n) is 1.60. The Kier molecular flexibility index (Phi) is 3.42. The summed E-state index contributed by atoms with van der Waals surface area (Å²) < 4.78 is 5.53. The predicted molar refractivity (Wildman–Crippen MR) is 71.0 cm³/mol. The van der Waals surface area contributed by atoms with Gasteiger partial charge in [0, 0.05) is 5.56 Å². The average Bonchev–Trinajstić information content (AvgIpc) is 2.83. The van der Waals surface area contributed by atoms with Gasteiger partial charge in [-0.15, -0.1) is 0 Å². The molecule has 0 aliphatic carbocycles. The minimum Gasteiger partial charge on any atom is -0.493 e. The third-order valence-corrected chi connectivity index (χ3v) is 3.07. The molecule has 2 aromatic rings. The van der Waals surface area contributed by atoms with Crippen LogP contribution in [-0.2, 0) is 0 Å². The van der Waals surface area contributed by atoms with E-state index in [0.29, 0.717) is 6.61 Å². The molecule has 1 heterocycles. The van der Waals surface area contributed by atoms with E-state index in [1.54, 1.807) is 11.3 Å². The molecule has 2 rings (SSSR count). The smallest absolute Gasteiger partial charge is 0.126 e. The van der Waals surface area contributed by atoms with Gasteiger partial charge in [-0.3, -0.25) is 0 Å². The van der Waals surface area contributed by atoms with Gasteiger partial charge in [0.15, 0.2) is 0 Å². The third-order valence-electron chi connectivity index (χ3n) is 2.38. The summed E-state index contributed by atoms with van der Waals surface area (Å²) in [7, 11) is 0. The van der Waals surface area contributed by atoms with Crippen LogP contribution >= 0.6 is 11.3 Å². The van der Waals surface area contributed by atoms with Crippen molar-refractivity contribution in [2.24, 2.45) is 0 Å². The zero-order valence-electron chi connectivity index (χ0n) is 9.27. The predicted octanol–water partition coefficient (Wildman–Crippen LogP) is 4.46. The lowest BCUT2D eigenvalue weighted by Gasteiger charge is -2.08. The maximum Gasteiger partial charge on any atom is 0.126 e. The molecule has 0 N–H and O–H groups in total. The van der Waals surface area contributed by atoms with Crippen molar-refractivity contribution in [1.29, 1.82) is 0 Å². The highest BCUT2D eigenvalue weighted by molar-refractivity contribution is 7.08. The molecule has 0 spiro atoms. The quantitative estimate of drug-likeness (QED) is 0.753. The van der Waals surface area contributed by atoms with Gasteiger partial charge in [-0.2, -0.15) is 11.3 Å². The van der Waals surface area contributed by atoms with Gasteiger partial charge in [0.05, 0.1) is 6.61 Å². The molecular formula is C14H14OS. The molecule has 0 amide bonds. The van der Waals surface area contributed by atoms with E-state index in [0.717, 1.165) is 11.3 Å². The van der Waals surface area contributed by atoms with E-state index in [-0.39, 0.29) is 0 Å². The number of benzene rings is 1. The van der Waals surface area contributed by atoms with Crippen LogP contribution in [0.1, 0.15) is 12.5 Å². The van der Waals surface area contributed by atoms with E-state index in [1.807, 2.05) is 19.1 Å². The van der Waals surface area contributed by atoms with Gasteiger partial charge < -0.3 is 4.74 Å². The Hall–Kier alpha value is -1.54. The van der Waals surface area contributed by atoms with Crippen LogP contribution in [0.25, 0.3) is 17.2 Å². The van der Waals surface area contributed by atoms with Gasteiger partial charge in [0.1, 0.15) is 5.75 Å². The van der Waals surface area contributed by atoms with Crippen molar-refractivity contribution in [3.8, 4) is 16.9 Å². The average molecular weight is 230 g/mol. The molecule has 82 valence electrons. The molecule has 16 heavy (non-hydrogen) atoms. The summed E-state index contributed by atoms with van der Waals surface area (Å²) in [6.45, 7) is 6.48. The summed E-state index contributed by atoms with van der Waals surface area (Å²) in [5.74, 6) is 0.900. The Bertz CT molecular complexity index is 471.